The fraction of sp³-hybridized carbons (Fsp3) is 0.222. The Balaban J connectivity index is 3.40. The summed E-state index contributed by atoms with van der Waals surface area (Å²) in [7, 11) is 0. The number of hydrogen-bond acceptors (Lipinski definition) is 3. The van der Waals surface area contributed by atoms with Crippen LogP contribution in [0.15, 0.2) is 15.2 Å². The SMILES string of the molecule is C/C(=C\c1c(C)[nH]c(=O)[nH]c1=O)C(=O)O. The van der Waals surface area contributed by atoms with E-state index in [0.29, 0.717) is 5.69 Å². The number of hydrogen-bond donors (Lipinski definition) is 3. The molecule has 0 atom stereocenters. The normalized spacial score (nSPS) is 11.5. The van der Waals surface area contributed by atoms with Gasteiger partial charge >= 0.3 is 11.7 Å². The number of carboxylic acids is 1. The smallest absolute Gasteiger partial charge is 0.331 e. The molecule has 0 aliphatic rings. The first-order valence-corrected chi connectivity index (χ1v) is 4.16. The molecule has 80 valence electrons. The molecule has 6 heteroatoms. The Morgan fingerprint density at radius 3 is 2.40 bits per heavy atom. The number of aliphatic carboxylic acids is 1. The minimum atomic E-state index is -1.11. The van der Waals surface area contributed by atoms with Gasteiger partial charge in [0, 0.05) is 11.3 Å². The zero-order valence-electron chi connectivity index (χ0n) is 8.25. The highest BCUT2D eigenvalue weighted by atomic mass is 16.4. The number of rotatable bonds is 2. The first kappa shape index (κ1) is 11.0. The molecule has 0 aliphatic carbocycles. The molecule has 0 saturated carbocycles. The highest BCUT2D eigenvalue weighted by molar-refractivity contribution is 5.91. The zero-order chi connectivity index (χ0) is 11.6. The van der Waals surface area contributed by atoms with Gasteiger partial charge in [0.15, 0.2) is 0 Å². The highest BCUT2D eigenvalue weighted by Crippen LogP contribution is 2.03. The number of aromatic nitrogens is 2. The van der Waals surface area contributed by atoms with Crippen molar-refractivity contribution in [2.45, 2.75) is 13.8 Å². The van der Waals surface area contributed by atoms with Gasteiger partial charge in [0.25, 0.3) is 5.56 Å². The van der Waals surface area contributed by atoms with E-state index in [1.165, 1.54) is 19.9 Å². The third-order valence-corrected chi connectivity index (χ3v) is 1.87. The van der Waals surface area contributed by atoms with Gasteiger partial charge in [-0.2, -0.15) is 0 Å². The molecule has 6 nitrogen and oxygen atoms in total. The van der Waals surface area contributed by atoms with E-state index in [-0.39, 0.29) is 11.1 Å². The van der Waals surface area contributed by atoms with Gasteiger partial charge in [0.05, 0.1) is 5.56 Å². The molecule has 0 unspecified atom stereocenters. The molecule has 3 N–H and O–H groups in total. The van der Waals surface area contributed by atoms with Gasteiger partial charge in [0.2, 0.25) is 0 Å². The molecule has 0 fully saturated rings. The van der Waals surface area contributed by atoms with Gasteiger partial charge in [-0.25, -0.2) is 9.59 Å². The van der Waals surface area contributed by atoms with Crippen LogP contribution in [0.5, 0.6) is 0 Å². The van der Waals surface area contributed by atoms with E-state index in [1.807, 2.05) is 4.98 Å². The molecular weight excluding hydrogens is 200 g/mol. The van der Waals surface area contributed by atoms with Crippen molar-refractivity contribution >= 4 is 12.0 Å². The van der Waals surface area contributed by atoms with Crippen molar-refractivity contribution in [1.29, 1.82) is 0 Å². The predicted molar refractivity (Wildman–Crippen MR) is 53.7 cm³/mol. The summed E-state index contributed by atoms with van der Waals surface area (Å²) in [6.45, 7) is 2.89. The Bertz CT molecular complexity index is 536. The summed E-state index contributed by atoms with van der Waals surface area (Å²) in [5.41, 5.74) is -0.700. The molecule has 0 amide bonds. The van der Waals surface area contributed by atoms with Crippen molar-refractivity contribution in [3.63, 3.8) is 0 Å². The Morgan fingerprint density at radius 1 is 1.33 bits per heavy atom. The van der Waals surface area contributed by atoms with Gasteiger partial charge in [-0.3, -0.25) is 9.78 Å². The van der Waals surface area contributed by atoms with Crippen molar-refractivity contribution in [3.8, 4) is 0 Å². The minimum absolute atomic E-state index is 0.0237. The molecule has 0 spiro atoms. The second-order valence-corrected chi connectivity index (χ2v) is 3.08. The number of H-pyrrole nitrogens is 2. The van der Waals surface area contributed by atoms with Gasteiger partial charge < -0.3 is 10.1 Å². The lowest BCUT2D eigenvalue weighted by atomic mass is 10.1. The maximum Gasteiger partial charge on any atom is 0.331 e. The van der Waals surface area contributed by atoms with Crippen molar-refractivity contribution in [2.24, 2.45) is 0 Å². The maximum atomic E-state index is 11.3. The monoisotopic (exact) mass is 210 g/mol. The Hall–Kier alpha value is -2.11. The van der Waals surface area contributed by atoms with Crippen LogP contribution in [0.1, 0.15) is 18.2 Å². The molecule has 15 heavy (non-hydrogen) atoms. The van der Waals surface area contributed by atoms with Crippen LogP contribution in [0.3, 0.4) is 0 Å². The first-order chi connectivity index (χ1) is 6.91. The van der Waals surface area contributed by atoms with E-state index in [0.717, 1.165) is 0 Å². The summed E-state index contributed by atoms with van der Waals surface area (Å²) < 4.78 is 0. The summed E-state index contributed by atoms with van der Waals surface area (Å²) in [5.74, 6) is -1.11. The summed E-state index contributed by atoms with van der Waals surface area (Å²) in [5, 5.41) is 8.63. The molecule has 0 radical (unpaired) electrons. The molecule has 1 rings (SSSR count). The van der Waals surface area contributed by atoms with Crippen LogP contribution in [0.2, 0.25) is 0 Å². The second-order valence-electron chi connectivity index (χ2n) is 3.08. The van der Waals surface area contributed by atoms with Crippen LogP contribution in [-0.4, -0.2) is 21.0 Å². The van der Waals surface area contributed by atoms with Gasteiger partial charge in [-0.1, -0.05) is 0 Å². The van der Waals surface area contributed by atoms with Gasteiger partial charge in [-0.15, -0.1) is 0 Å². The number of aryl methyl sites for hydroxylation is 1. The lowest BCUT2D eigenvalue weighted by Crippen LogP contribution is -2.25. The van der Waals surface area contributed by atoms with E-state index in [9.17, 15) is 14.4 Å². The molecule has 1 heterocycles. The van der Waals surface area contributed by atoms with E-state index in [1.54, 1.807) is 0 Å². The van der Waals surface area contributed by atoms with Gasteiger partial charge in [0.1, 0.15) is 0 Å². The third-order valence-electron chi connectivity index (χ3n) is 1.87. The highest BCUT2D eigenvalue weighted by Gasteiger charge is 2.06. The number of carboxylic acid groups (broad SMARTS) is 1. The van der Waals surface area contributed by atoms with E-state index >= 15 is 0 Å². The molecule has 0 aromatic carbocycles. The largest absolute Gasteiger partial charge is 0.478 e. The van der Waals surface area contributed by atoms with Crippen LogP contribution >= 0.6 is 0 Å². The predicted octanol–water partition coefficient (Wildman–Crippen LogP) is -0.140. The molecule has 0 bridgehead atoms. The quantitative estimate of drug-likeness (QED) is 0.591. The third kappa shape index (κ3) is 2.43. The van der Waals surface area contributed by atoms with Crippen LogP contribution in [0.25, 0.3) is 6.08 Å². The summed E-state index contributed by atoms with van der Waals surface area (Å²) >= 11 is 0. The summed E-state index contributed by atoms with van der Waals surface area (Å²) in [6, 6.07) is 0. The number of aromatic amines is 2. The zero-order valence-corrected chi connectivity index (χ0v) is 8.25. The minimum Gasteiger partial charge on any atom is -0.478 e. The van der Waals surface area contributed by atoms with Gasteiger partial charge in [-0.05, 0) is 19.9 Å². The van der Waals surface area contributed by atoms with Crippen molar-refractivity contribution in [2.75, 3.05) is 0 Å². The molecular formula is C9H10N2O4. The molecule has 0 aliphatic heterocycles. The maximum absolute atomic E-state index is 11.3. The fourth-order valence-electron chi connectivity index (χ4n) is 1.06. The van der Waals surface area contributed by atoms with Crippen molar-refractivity contribution in [1.82, 2.24) is 9.97 Å². The Labute approximate surface area is 84.3 Å². The summed E-state index contributed by atoms with van der Waals surface area (Å²) in [6.07, 6.45) is 1.21. The first-order valence-electron chi connectivity index (χ1n) is 4.16. The summed E-state index contributed by atoms with van der Waals surface area (Å²) in [4.78, 5) is 37.1. The van der Waals surface area contributed by atoms with Crippen LogP contribution in [-0.2, 0) is 4.79 Å². The van der Waals surface area contributed by atoms with E-state index < -0.39 is 17.2 Å². The van der Waals surface area contributed by atoms with Crippen molar-refractivity contribution < 1.29 is 9.90 Å². The molecule has 1 aromatic rings. The average Bonchev–Trinajstić information content (AvgIpc) is 2.10. The lowest BCUT2D eigenvalue weighted by molar-refractivity contribution is -0.132. The topological polar surface area (TPSA) is 103 Å². The van der Waals surface area contributed by atoms with Crippen molar-refractivity contribution in [3.05, 3.63) is 37.7 Å². The van der Waals surface area contributed by atoms with Crippen LogP contribution in [0.4, 0.5) is 0 Å². The molecule has 0 saturated heterocycles. The van der Waals surface area contributed by atoms with Crippen LogP contribution < -0.4 is 11.2 Å². The Morgan fingerprint density at radius 2 is 1.93 bits per heavy atom. The van der Waals surface area contributed by atoms with E-state index in [4.69, 9.17) is 5.11 Å². The standard InChI is InChI=1S/C9H10N2O4/c1-4(8(13)14)3-6-5(2)10-9(15)11-7(6)12/h3H,1-2H3,(H,13,14)(H2,10,11,12,15)/b4-3+. The molecule has 1 aromatic heterocycles. The van der Waals surface area contributed by atoms with E-state index in [2.05, 4.69) is 4.98 Å². The lowest BCUT2D eigenvalue weighted by Gasteiger charge is -1.98. The number of carbonyl (C=O) groups is 1. The fourth-order valence-corrected chi connectivity index (χ4v) is 1.06. The van der Waals surface area contributed by atoms with Crippen LogP contribution in [0, 0.1) is 6.92 Å². The Kier molecular flexibility index (Phi) is 2.89. The second kappa shape index (κ2) is 3.95. The number of nitrogens with one attached hydrogen (secondary N) is 2. The average molecular weight is 210 g/mol.